The van der Waals surface area contributed by atoms with Gasteiger partial charge in [-0.25, -0.2) is 4.98 Å². The molecular weight excluding hydrogens is 194 g/mol. The van der Waals surface area contributed by atoms with Gasteiger partial charge in [0, 0.05) is 18.5 Å². The smallest absolute Gasteiger partial charge is 0.311 e. The number of hydrogen-bond donors (Lipinski definition) is 2. The van der Waals surface area contributed by atoms with Gasteiger partial charge in [0.05, 0.1) is 0 Å². The van der Waals surface area contributed by atoms with E-state index < -0.39 is 5.97 Å². The molecule has 0 atom stereocenters. The van der Waals surface area contributed by atoms with Crippen LogP contribution < -0.4 is 5.32 Å². The predicted octanol–water partition coefficient (Wildman–Crippen LogP) is 0.124. The number of hydrogen-bond acceptors (Lipinski definition) is 5. The lowest BCUT2D eigenvalue weighted by Crippen LogP contribution is -2.06. The molecule has 0 aliphatic carbocycles. The first kappa shape index (κ1) is 9.59. The van der Waals surface area contributed by atoms with E-state index in [0.717, 1.165) is 11.5 Å². The van der Waals surface area contributed by atoms with Crippen molar-refractivity contribution in [1.82, 2.24) is 9.36 Å². The van der Waals surface area contributed by atoms with Gasteiger partial charge in [0.25, 0.3) is 0 Å². The highest BCUT2D eigenvalue weighted by Crippen LogP contribution is 2.10. The van der Waals surface area contributed by atoms with Crippen molar-refractivity contribution < 1.29 is 14.7 Å². The molecule has 0 saturated carbocycles. The van der Waals surface area contributed by atoms with Crippen LogP contribution in [0.2, 0.25) is 0 Å². The molecule has 1 heterocycles. The molecule has 0 fully saturated rings. The molecule has 0 unspecified atom stereocenters. The summed E-state index contributed by atoms with van der Waals surface area (Å²) in [4.78, 5) is 24.6. The second kappa shape index (κ2) is 3.94. The van der Waals surface area contributed by atoms with E-state index in [1.807, 2.05) is 0 Å². The van der Waals surface area contributed by atoms with Crippen molar-refractivity contribution in [3.8, 4) is 0 Å². The third-order valence-corrected chi connectivity index (χ3v) is 1.73. The Bertz CT molecular complexity index is 305. The van der Waals surface area contributed by atoms with Gasteiger partial charge in [-0.3, -0.25) is 9.59 Å². The van der Waals surface area contributed by atoms with Crippen LogP contribution in [0.1, 0.15) is 12.7 Å². The van der Waals surface area contributed by atoms with E-state index in [2.05, 4.69) is 14.7 Å². The largest absolute Gasteiger partial charge is 0.481 e. The Kier molecular flexibility index (Phi) is 2.91. The molecule has 1 aromatic heterocycles. The molecule has 7 heteroatoms. The Hall–Kier alpha value is -1.50. The van der Waals surface area contributed by atoms with Gasteiger partial charge in [-0.2, -0.15) is 4.37 Å². The Labute approximate surface area is 77.8 Å². The topological polar surface area (TPSA) is 92.2 Å². The number of carbonyl (C=O) groups is 2. The molecule has 0 bridgehead atoms. The molecule has 2 N–H and O–H groups in total. The van der Waals surface area contributed by atoms with Gasteiger partial charge in [-0.1, -0.05) is 0 Å². The Balaban J connectivity index is 2.63. The Morgan fingerprint density at radius 1 is 1.62 bits per heavy atom. The average molecular weight is 201 g/mol. The van der Waals surface area contributed by atoms with Gasteiger partial charge in [-0.05, 0) is 0 Å². The zero-order chi connectivity index (χ0) is 9.84. The van der Waals surface area contributed by atoms with Crippen molar-refractivity contribution in [2.75, 3.05) is 5.32 Å². The van der Waals surface area contributed by atoms with Crippen molar-refractivity contribution in [1.29, 1.82) is 0 Å². The average Bonchev–Trinajstić information content (AvgIpc) is 2.33. The van der Waals surface area contributed by atoms with Crippen LogP contribution in [0.15, 0.2) is 0 Å². The van der Waals surface area contributed by atoms with Gasteiger partial charge < -0.3 is 10.4 Å². The summed E-state index contributed by atoms with van der Waals surface area (Å²) >= 11 is 0.963. The summed E-state index contributed by atoms with van der Waals surface area (Å²) < 4.78 is 3.74. The van der Waals surface area contributed by atoms with Crippen molar-refractivity contribution >= 4 is 28.5 Å². The molecule has 6 nitrogen and oxygen atoms in total. The molecule has 13 heavy (non-hydrogen) atoms. The summed E-state index contributed by atoms with van der Waals surface area (Å²) in [5, 5.41) is 11.1. The molecule has 0 saturated heterocycles. The maximum atomic E-state index is 10.6. The van der Waals surface area contributed by atoms with E-state index in [1.54, 1.807) is 0 Å². The van der Waals surface area contributed by atoms with E-state index in [9.17, 15) is 9.59 Å². The fourth-order valence-electron chi connectivity index (χ4n) is 0.662. The van der Waals surface area contributed by atoms with Crippen molar-refractivity contribution in [2.45, 2.75) is 13.3 Å². The minimum atomic E-state index is -0.993. The molecule has 0 aliphatic heterocycles. The second-order valence-corrected chi connectivity index (χ2v) is 3.02. The van der Waals surface area contributed by atoms with Gasteiger partial charge in [-0.15, -0.1) is 0 Å². The highest BCUT2D eigenvalue weighted by molar-refractivity contribution is 7.09. The number of carboxylic acid groups (broad SMARTS) is 1. The lowest BCUT2D eigenvalue weighted by Gasteiger charge is -1.91. The molecule has 70 valence electrons. The fraction of sp³-hybridized carbons (Fsp3) is 0.333. The Morgan fingerprint density at radius 3 is 2.85 bits per heavy atom. The zero-order valence-corrected chi connectivity index (χ0v) is 7.59. The normalized spacial score (nSPS) is 9.62. The van der Waals surface area contributed by atoms with Crippen molar-refractivity contribution in [3.05, 3.63) is 5.82 Å². The molecule has 1 amide bonds. The third-order valence-electron chi connectivity index (χ3n) is 1.06. The maximum absolute atomic E-state index is 10.6. The van der Waals surface area contributed by atoms with Crippen LogP contribution in [-0.2, 0) is 16.0 Å². The number of nitrogens with one attached hydrogen (secondary N) is 1. The standard InChI is InChI=1S/C6H7N3O3S/c1-3(10)7-6-8-4(9-13-6)2-5(11)12/h2H2,1H3,(H,11,12)(H,7,8,9,10). The molecule has 0 radical (unpaired) electrons. The molecule has 0 aliphatic rings. The van der Waals surface area contributed by atoms with Crippen LogP contribution in [0.5, 0.6) is 0 Å². The quantitative estimate of drug-likeness (QED) is 0.724. The van der Waals surface area contributed by atoms with E-state index in [4.69, 9.17) is 5.11 Å². The summed E-state index contributed by atoms with van der Waals surface area (Å²) in [6.07, 6.45) is -0.226. The molecule has 1 aromatic rings. The van der Waals surface area contributed by atoms with Crippen LogP contribution in [0.4, 0.5) is 5.13 Å². The minimum absolute atomic E-state index is 0.209. The fourth-order valence-corrected chi connectivity index (χ4v) is 1.30. The van der Waals surface area contributed by atoms with E-state index in [1.165, 1.54) is 6.92 Å². The van der Waals surface area contributed by atoms with Crippen molar-refractivity contribution in [2.24, 2.45) is 0 Å². The Morgan fingerprint density at radius 2 is 2.31 bits per heavy atom. The first-order chi connectivity index (χ1) is 6.08. The van der Waals surface area contributed by atoms with Crippen LogP contribution >= 0.6 is 11.5 Å². The lowest BCUT2D eigenvalue weighted by molar-refractivity contribution is -0.136. The lowest BCUT2D eigenvalue weighted by atomic mass is 10.4. The third kappa shape index (κ3) is 3.16. The van der Waals surface area contributed by atoms with E-state index in [0.29, 0.717) is 5.13 Å². The van der Waals surface area contributed by atoms with Crippen LogP contribution in [-0.4, -0.2) is 26.3 Å². The zero-order valence-electron chi connectivity index (χ0n) is 6.77. The number of amides is 1. The summed E-state index contributed by atoms with van der Waals surface area (Å²) in [5.74, 6) is -1.04. The number of anilines is 1. The number of nitrogens with zero attached hydrogens (tertiary/aromatic N) is 2. The van der Waals surface area contributed by atoms with Gasteiger partial charge in [0.15, 0.2) is 5.82 Å². The second-order valence-electron chi connectivity index (χ2n) is 2.27. The highest BCUT2D eigenvalue weighted by Gasteiger charge is 2.08. The summed E-state index contributed by atoms with van der Waals surface area (Å²) in [6, 6.07) is 0. The number of aliphatic carboxylic acids is 1. The summed E-state index contributed by atoms with van der Waals surface area (Å²) in [6.45, 7) is 1.35. The summed E-state index contributed by atoms with van der Waals surface area (Å²) in [5.41, 5.74) is 0. The SMILES string of the molecule is CC(=O)Nc1nc(CC(=O)O)ns1. The van der Waals surface area contributed by atoms with E-state index >= 15 is 0 Å². The monoisotopic (exact) mass is 201 g/mol. The predicted molar refractivity (Wildman–Crippen MR) is 45.6 cm³/mol. The molecular formula is C6H7N3O3S. The van der Waals surface area contributed by atoms with Crippen molar-refractivity contribution in [3.63, 3.8) is 0 Å². The van der Waals surface area contributed by atoms with Gasteiger partial charge in [0.2, 0.25) is 11.0 Å². The number of carbonyl (C=O) groups excluding carboxylic acids is 1. The maximum Gasteiger partial charge on any atom is 0.311 e. The number of rotatable bonds is 3. The van der Waals surface area contributed by atoms with Gasteiger partial charge >= 0.3 is 5.97 Å². The summed E-state index contributed by atoms with van der Waals surface area (Å²) in [7, 11) is 0. The van der Waals surface area contributed by atoms with Crippen LogP contribution in [0.25, 0.3) is 0 Å². The minimum Gasteiger partial charge on any atom is -0.481 e. The molecule has 0 aromatic carbocycles. The molecule has 0 spiro atoms. The number of carboxylic acids is 1. The van der Waals surface area contributed by atoms with Crippen LogP contribution in [0, 0.1) is 0 Å². The number of aromatic nitrogens is 2. The van der Waals surface area contributed by atoms with Crippen LogP contribution in [0.3, 0.4) is 0 Å². The van der Waals surface area contributed by atoms with Gasteiger partial charge in [0.1, 0.15) is 6.42 Å². The van der Waals surface area contributed by atoms with E-state index in [-0.39, 0.29) is 18.2 Å². The first-order valence-electron chi connectivity index (χ1n) is 3.40. The first-order valence-corrected chi connectivity index (χ1v) is 4.17. The molecule has 1 rings (SSSR count). The highest BCUT2D eigenvalue weighted by atomic mass is 32.1.